The lowest BCUT2D eigenvalue weighted by molar-refractivity contribution is 0.0685. The second kappa shape index (κ2) is 11.7. The van der Waals surface area contributed by atoms with E-state index in [4.69, 9.17) is 14.7 Å². The van der Waals surface area contributed by atoms with E-state index >= 15 is 4.39 Å². The van der Waals surface area contributed by atoms with Gasteiger partial charge in [-0.25, -0.2) is 19.0 Å². The first-order valence-corrected chi connectivity index (χ1v) is 12.5. The van der Waals surface area contributed by atoms with E-state index in [0.29, 0.717) is 11.3 Å². The molecule has 1 unspecified atom stereocenters. The van der Waals surface area contributed by atoms with Gasteiger partial charge < -0.3 is 24.5 Å². The van der Waals surface area contributed by atoms with E-state index < -0.39 is 23.5 Å². The minimum atomic E-state index is -1.31. The van der Waals surface area contributed by atoms with Crippen LogP contribution in [0.4, 0.5) is 10.1 Å². The van der Waals surface area contributed by atoms with Crippen LogP contribution in [-0.4, -0.2) is 49.6 Å². The van der Waals surface area contributed by atoms with Gasteiger partial charge >= 0.3 is 11.7 Å². The number of hydrogen-bond acceptors (Lipinski definition) is 8. The molecule has 3 aromatic carbocycles. The summed E-state index contributed by atoms with van der Waals surface area (Å²) in [6, 6.07) is 19.0. The Kier molecular flexibility index (Phi) is 7.70. The molecule has 2 aromatic heterocycles. The number of aromatic amines is 1. The molecule has 0 aliphatic carbocycles. The second-order valence-electron chi connectivity index (χ2n) is 9.06. The first-order valence-electron chi connectivity index (χ1n) is 12.5. The topological polar surface area (TPSA) is 160 Å². The number of aromatic carboxylic acids is 1. The lowest BCUT2D eigenvalue weighted by Gasteiger charge is -2.20. The summed E-state index contributed by atoms with van der Waals surface area (Å²) in [5.74, 6) is -1.86. The number of aromatic nitrogens is 5. The number of carboxylic acids is 1. The smallest absolute Gasteiger partial charge is 0.356 e. The number of carboxylic acid groups (broad SMARTS) is 1. The molecule has 0 spiro atoms. The van der Waals surface area contributed by atoms with Crippen LogP contribution in [0.15, 0.2) is 77.9 Å². The highest BCUT2D eigenvalue weighted by molar-refractivity contribution is 5.89. The van der Waals surface area contributed by atoms with Gasteiger partial charge in [-0.2, -0.15) is 9.94 Å². The summed E-state index contributed by atoms with van der Waals surface area (Å²) >= 11 is 0. The third-order valence-electron chi connectivity index (χ3n) is 6.46. The van der Waals surface area contributed by atoms with Crippen molar-refractivity contribution in [3.05, 3.63) is 118 Å². The molecule has 12 nitrogen and oxygen atoms in total. The maximum absolute atomic E-state index is 15.5. The molecule has 0 bridgehead atoms. The molecule has 0 aliphatic heterocycles. The lowest BCUT2D eigenvalue weighted by Crippen LogP contribution is -2.20. The molecule has 5 aromatic rings. The molecule has 0 amide bonds. The van der Waals surface area contributed by atoms with Gasteiger partial charge in [-0.1, -0.05) is 30.3 Å². The van der Waals surface area contributed by atoms with E-state index in [-0.39, 0.29) is 40.9 Å². The third kappa shape index (κ3) is 5.41. The van der Waals surface area contributed by atoms with E-state index in [0.717, 1.165) is 16.3 Å². The Hall–Kier alpha value is -5.90. The third-order valence-corrected chi connectivity index (χ3v) is 6.46. The molecule has 3 N–H and O–H groups in total. The predicted octanol–water partition coefficient (Wildman–Crippen LogP) is 3.73. The van der Waals surface area contributed by atoms with Gasteiger partial charge in [0.25, 0.3) is 0 Å². The molecule has 42 heavy (non-hydrogen) atoms. The minimum Gasteiger partial charge on any atom is -0.493 e. The van der Waals surface area contributed by atoms with E-state index in [9.17, 15) is 14.7 Å². The standard InChI is InChI=1S/C29H24FN7O5/c1-41-22-12-20(21(30)13-23(22)42-2)24(33-19-10-8-17(14-31)9-11-19)26-34-29(40)37(35-26)27-25(28(38)39)36(16-32-27)15-18-6-4-3-5-7-18/h3-13,16,24,33H,15H2,1-2H3,(H,38,39)(H,34,35,40). The van der Waals surface area contributed by atoms with Crippen LogP contribution >= 0.6 is 0 Å². The molecule has 0 saturated heterocycles. The summed E-state index contributed by atoms with van der Waals surface area (Å²) in [6.45, 7) is 0.196. The second-order valence-corrected chi connectivity index (χ2v) is 9.06. The maximum Gasteiger partial charge on any atom is 0.356 e. The molecular formula is C29H24FN7O5. The summed E-state index contributed by atoms with van der Waals surface area (Å²) in [5.41, 5.74) is 0.736. The first kappa shape index (κ1) is 27.7. The first-order chi connectivity index (χ1) is 20.3. The molecule has 212 valence electrons. The van der Waals surface area contributed by atoms with Crippen molar-refractivity contribution in [1.82, 2.24) is 24.3 Å². The average molecular weight is 570 g/mol. The Balaban J connectivity index is 1.61. The molecule has 13 heteroatoms. The van der Waals surface area contributed by atoms with Gasteiger partial charge in [-0.15, -0.1) is 5.10 Å². The number of carbonyl (C=O) groups is 1. The Bertz CT molecular complexity index is 1840. The Labute approximate surface area is 238 Å². The minimum absolute atomic E-state index is 0.0376. The van der Waals surface area contributed by atoms with Crippen molar-refractivity contribution in [3.8, 4) is 23.4 Å². The summed E-state index contributed by atoms with van der Waals surface area (Å²) < 4.78 is 28.3. The van der Waals surface area contributed by atoms with Gasteiger partial charge in [0, 0.05) is 23.9 Å². The van der Waals surface area contributed by atoms with Crippen molar-refractivity contribution in [1.29, 1.82) is 5.26 Å². The number of rotatable bonds is 10. The van der Waals surface area contributed by atoms with Crippen LogP contribution in [0, 0.1) is 17.1 Å². The number of anilines is 1. The van der Waals surface area contributed by atoms with Crippen LogP contribution in [0.2, 0.25) is 0 Å². The van der Waals surface area contributed by atoms with Gasteiger partial charge in [0.2, 0.25) is 0 Å². The van der Waals surface area contributed by atoms with Crippen molar-refractivity contribution in [3.63, 3.8) is 0 Å². The number of halogens is 1. The fourth-order valence-electron chi connectivity index (χ4n) is 4.45. The van der Waals surface area contributed by atoms with Crippen LogP contribution in [0.3, 0.4) is 0 Å². The highest BCUT2D eigenvalue weighted by Crippen LogP contribution is 2.35. The molecule has 0 fully saturated rings. The fourth-order valence-corrected chi connectivity index (χ4v) is 4.45. The molecule has 0 radical (unpaired) electrons. The van der Waals surface area contributed by atoms with Crippen molar-refractivity contribution < 1.29 is 23.8 Å². The average Bonchev–Trinajstić information content (AvgIpc) is 3.59. The van der Waals surface area contributed by atoms with Crippen LogP contribution in [0.5, 0.6) is 11.5 Å². The van der Waals surface area contributed by atoms with Gasteiger partial charge in [-0.05, 0) is 35.9 Å². The molecule has 0 saturated carbocycles. The number of benzene rings is 3. The summed E-state index contributed by atoms with van der Waals surface area (Å²) in [5, 5.41) is 26.6. The highest BCUT2D eigenvalue weighted by Gasteiger charge is 2.28. The fraction of sp³-hybridized carbons (Fsp3) is 0.138. The number of imidazole rings is 1. The number of nitriles is 1. The number of ether oxygens (including phenoxy) is 2. The van der Waals surface area contributed by atoms with Gasteiger partial charge in [0.15, 0.2) is 28.8 Å². The molecule has 5 rings (SSSR count). The molecule has 0 aliphatic rings. The zero-order valence-corrected chi connectivity index (χ0v) is 22.4. The normalized spacial score (nSPS) is 11.5. The number of nitrogens with zero attached hydrogens (tertiary/aromatic N) is 5. The molecular weight excluding hydrogens is 545 g/mol. The van der Waals surface area contributed by atoms with Crippen LogP contribution in [0.25, 0.3) is 5.82 Å². The Morgan fingerprint density at radius 3 is 2.45 bits per heavy atom. The Morgan fingerprint density at radius 1 is 1.12 bits per heavy atom. The Morgan fingerprint density at radius 2 is 1.81 bits per heavy atom. The number of hydrogen-bond donors (Lipinski definition) is 3. The van der Waals surface area contributed by atoms with Crippen molar-refractivity contribution in [2.75, 3.05) is 19.5 Å². The lowest BCUT2D eigenvalue weighted by atomic mass is 10.0. The number of methoxy groups -OCH3 is 2. The zero-order chi connectivity index (χ0) is 29.8. The molecule has 2 heterocycles. The van der Waals surface area contributed by atoms with E-state index in [2.05, 4.69) is 20.4 Å². The monoisotopic (exact) mass is 569 g/mol. The number of nitrogens with one attached hydrogen (secondary N) is 2. The van der Waals surface area contributed by atoms with E-state index in [1.807, 2.05) is 36.4 Å². The van der Waals surface area contributed by atoms with Gasteiger partial charge in [0.05, 0.1) is 32.2 Å². The van der Waals surface area contributed by atoms with Crippen LogP contribution in [0.1, 0.15) is 39.0 Å². The number of H-pyrrole nitrogens is 1. The van der Waals surface area contributed by atoms with Crippen molar-refractivity contribution in [2.24, 2.45) is 0 Å². The summed E-state index contributed by atoms with van der Waals surface area (Å²) in [7, 11) is 2.78. The van der Waals surface area contributed by atoms with Gasteiger partial charge in [0.1, 0.15) is 11.9 Å². The highest BCUT2D eigenvalue weighted by atomic mass is 19.1. The SMILES string of the molecule is COc1cc(F)c(C(Nc2ccc(C#N)cc2)c2nn(-c3ncn(Cc4ccccc4)c3C(=O)O)c(=O)[nH]2)cc1OC. The van der Waals surface area contributed by atoms with Crippen molar-refractivity contribution >= 4 is 11.7 Å². The van der Waals surface area contributed by atoms with Gasteiger partial charge in [-0.3, -0.25) is 4.98 Å². The summed E-state index contributed by atoms with van der Waals surface area (Å²) in [4.78, 5) is 32.2. The maximum atomic E-state index is 15.5. The quantitative estimate of drug-likeness (QED) is 0.228. The van der Waals surface area contributed by atoms with E-state index in [1.54, 1.807) is 24.3 Å². The van der Waals surface area contributed by atoms with Crippen molar-refractivity contribution in [2.45, 2.75) is 12.6 Å². The van der Waals surface area contributed by atoms with Crippen LogP contribution < -0.4 is 20.5 Å². The summed E-state index contributed by atoms with van der Waals surface area (Å²) in [6.07, 6.45) is 1.31. The molecule has 1 atom stereocenters. The van der Waals surface area contributed by atoms with E-state index in [1.165, 1.54) is 31.2 Å². The zero-order valence-electron chi connectivity index (χ0n) is 22.4. The largest absolute Gasteiger partial charge is 0.493 e. The van der Waals surface area contributed by atoms with Crippen LogP contribution in [-0.2, 0) is 6.54 Å². The predicted molar refractivity (Wildman–Crippen MR) is 149 cm³/mol.